The van der Waals surface area contributed by atoms with Gasteiger partial charge in [-0.3, -0.25) is 4.90 Å². The van der Waals surface area contributed by atoms with Crippen molar-refractivity contribution in [3.63, 3.8) is 0 Å². The van der Waals surface area contributed by atoms with Gasteiger partial charge in [-0.2, -0.15) is 0 Å². The van der Waals surface area contributed by atoms with E-state index in [9.17, 15) is 0 Å². The van der Waals surface area contributed by atoms with Crippen molar-refractivity contribution in [2.24, 2.45) is 0 Å². The number of nitrogens with zero attached hydrogens (tertiary/aromatic N) is 3. The Morgan fingerprint density at radius 3 is 2.41 bits per heavy atom. The third kappa shape index (κ3) is 4.46. The van der Waals surface area contributed by atoms with E-state index in [0.717, 1.165) is 72.4 Å². The van der Waals surface area contributed by atoms with Gasteiger partial charge < -0.3 is 18.8 Å². The van der Waals surface area contributed by atoms with Crippen molar-refractivity contribution in [3.05, 3.63) is 59.0 Å². The van der Waals surface area contributed by atoms with Crippen LogP contribution < -0.4 is 14.4 Å². The summed E-state index contributed by atoms with van der Waals surface area (Å²) in [7, 11) is 1.70. The Bertz CT molecular complexity index is 1070. The van der Waals surface area contributed by atoms with Gasteiger partial charge in [-0.25, -0.2) is 4.98 Å². The Balaban J connectivity index is 1.44. The summed E-state index contributed by atoms with van der Waals surface area (Å²) in [6.07, 6.45) is 0. The first-order chi connectivity index (χ1) is 15.5. The van der Waals surface area contributed by atoms with Crippen LogP contribution in [0, 0.1) is 20.8 Å². The topological polar surface area (TPSA) is 51.0 Å². The molecule has 0 unspecified atom stereocenters. The van der Waals surface area contributed by atoms with Crippen molar-refractivity contribution in [1.82, 2.24) is 9.88 Å². The van der Waals surface area contributed by atoms with Gasteiger partial charge in [-0.15, -0.1) is 0 Å². The number of para-hydroxylation sites is 2. The molecule has 0 N–H and O–H groups in total. The number of benzene rings is 2. The molecule has 4 rings (SSSR count). The lowest BCUT2D eigenvalue weighted by atomic mass is 10.0. The first-order valence-electron chi connectivity index (χ1n) is 11.3. The number of oxazole rings is 1. The average Bonchev–Trinajstić information content (AvgIpc) is 3.16. The van der Waals surface area contributed by atoms with Gasteiger partial charge in [-0.1, -0.05) is 12.1 Å². The number of ether oxygens (including phenoxy) is 2. The number of aryl methyl sites for hydroxylation is 1. The SMILES string of the molecule is CCOc1ccccc1N1CCN(Cc2nc(-c3ccc(OC)c(C)c3C)oc2C)CC1. The Morgan fingerprint density at radius 1 is 0.938 bits per heavy atom. The molecule has 0 bridgehead atoms. The third-order valence-electron chi connectivity index (χ3n) is 6.33. The zero-order valence-corrected chi connectivity index (χ0v) is 19.8. The van der Waals surface area contributed by atoms with Crippen LogP contribution in [-0.2, 0) is 6.54 Å². The lowest BCUT2D eigenvalue weighted by Crippen LogP contribution is -2.46. The van der Waals surface area contributed by atoms with Gasteiger partial charge >= 0.3 is 0 Å². The summed E-state index contributed by atoms with van der Waals surface area (Å²) in [6, 6.07) is 12.3. The van der Waals surface area contributed by atoms with Gasteiger partial charge in [0.25, 0.3) is 0 Å². The fourth-order valence-electron chi connectivity index (χ4n) is 4.29. The number of hydrogen-bond acceptors (Lipinski definition) is 6. The lowest BCUT2D eigenvalue weighted by molar-refractivity contribution is 0.245. The highest BCUT2D eigenvalue weighted by Crippen LogP contribution is 2.32. The fraction of sp³-hybridized carbons (Fsp3) is 0.423. The summed E-state index contributed by atoms with van der Waals surface area (Å²) in [5, 5.41) is 0. The van der Waals surface area contributed by atoms with Crippen LogP contribution in [0.3, 0.4) is 0 Å². The van der Waals surface area contributed by atoms with Crippen LogP contribution in [0.2, 0.25) is 0 Å². The predicted molar refractivity (Wildman–Crippen MR) is 128 cm³/mol. The molecule has 0 atom stereocenters. The minimum Gasteiger partial charge on any atom is -0.496 e. The van der Waals surface area contributed by atoms with E-state index in [1.165, 1.54) is 5.69 Å². The molecule has 2 aromatic carbocycles. The number of methoxy groups -OCH3 is 1. The van der Waals surface area contributed by atoms with Gasteiger partial charge in [0.2, 0.25) is 5.89 Å². The maximum atomic E-state index is 6.08. The molecule has 1 aromatic heterocycles. The molecule has 1 fully saturated rings. The maximum absolute atomic E-state index is 6.08. The minimum absolute atomic E-state index is 0.679. The largest absolute Gasteiger partial charge is 0.496 e. The standard InChI is InChI=1S/C26H33N3O3/c1-6-31-25-10-8-7-9-23(25)29-15-13-28(14-16-29)17-22-20(4)32-26(27-22)21-11-12-24(30-5)19(3)18(21)2/h7-12H,6,13-17H2,1-5H3. The molecular weight excluding hydrogens is 402 g/mol. The van der Waals surface area contributed by atoms with Crippen LogP contribution in [0.15, 0.2) is 40.8 Å². The number of anilines is 1. The van der Waals surface area contributed by atoms with Gasteiger partial charge in [0, 0.05) is 38.3 Å². The van der Waals surface area contributed by atoms with E-state index in [4.69, 9.17) is 18.9 Å². The Kier molecular flexibility index (Phi) is 6.70. The van der Waals surface area contributed by atoms with Crippen molar-refractivity contribution in [3.8, 4) is 23.0 Å². The minimum atomic E-state index is 0.679. The molecule has 2 heterocycles. The third-order valence-corrected chi connectivity index (χ3v) is 6.33. The highest BCUT2D eigenvalue weighted by atomic mass is 16.5. The second-order valence-electron chi connectivity index (χ2n) is 8.25. The van der Waals surface area contributed by atoms with Crippen molar-refractivity contribution in [1.29, 1.82) is 0 Å². The molecule has 0 spiro atoms. The van der Waals surface area contributed by atoms with E-state index in [1.807, 2.05) is 38.1 Å². The summed E-state index contributed by atoms with van der Waals surface area (Å²) in [6.45, 7) is 13.5. The van der Waals surface area contributed by atoms with Gasteiger partial charge in [0.1, 0.15) is 17.3 Å². The van der Waals surface area contributed by atoms with E-state index in [2.05, 4.69) is 35.8 Å². The van der Waals surface area contributed by atoms with Crippen LogP contribution in [0.1, 0.15) is 29.5 Å². The van der Waals surface area contributed by atoms with Crippen molar-refractivity contribution < 1.29 is 13.9 Å². The second-order valence-corrected chi connectivity index (χ2v) is 8.25. The smallest absolute Gasteiger partial charge is 0.226 e. The van der Waals surface area contributed by atoms with Gasteiger partial charge in [-0.05, 0) is 63.1 Å². The molecule has 0 amide bonds. The zero-order valence-electron chi connectivity index (χ0n) is 19.8. The quantitative estimate of drug-likeness (QED) is 0.521. The van der Waals surface area contributed by atoms with Crippen LogP contribution in [0.4, 0.5) is 5.69 Å². The number of hydrogen-bond donors (Lipinski definition) is 0. The van der Waals surface area contributed by atoms with Gasteiger partial charge in [0.05, 0.1) is 25.1 Å². The lowest BCUT2D eigenvalue weighted by Gasteiger charge is -2.36. The first kappa shape index (κ1) is 22.2. The maximum Gasteiger partial charge on any atom is 0.226 e. The zero-order chi connectivity index (χ0) is 22.7. The number of rotatable bonds is 7. The van der Waals surface area contributed by atoms with E-state index in [1.54, 1.807) is 7.11 Å². The summed E-state index contributed by atoms with van der Waals surface area (Å²) in [4.78, 5) is 9.72. The molecule has 1 saturated heterocycles. The Morgan fingerprint density at radius 2 is 1.69 bits per heavy atom. The molecule has 6 heteroatoms. The second kappa shape index (κ2) is 9.65. The fourth-order valence-corrected chi connectivity index (χ4v) is 4.29. The van der Waals surface area contributed by atoms with Crippen molar-refractivity contribution in [2.75, 3.05) is 44.8 Å². The molecule has 6 nitrogen and oxygen atoms in total. The highest BCUT2D eigenvalue weighted by molar-refractivity contribution is 5.63. The summed E-state index contributed by atoms with van der Waals surface area (Å²) in [5.41, 5.74) is 5.47. The van der Waals surface area contributed by atoms with Crippen LogP contribution in [-0.4, -0.2) is 49.8 Å². The monoisotopic (exact) mass is 435 g/mol. The van der Waals surface area contributed by atoms with Crippen LogP contribution in [0.25, 0.3) is 11.5 Å². The van der Waals surface area contributed by atoms with Gasteiger partial charge in [0.15, 0.2) is 0 Å². The average molecular weight is 436 g/mol. The molecule has 0 saturated carbocycles. The normalized spacial score (nSPS) is 14.6. The highest BCUT2D eigenvalue weighted by Gasteiger charge is 2.22. The predicted octanol–water partition coefficient (Wildman–Crippen LogP) is 5.00. The molecule has 1 aliphatic rings. The number of piperazine rings is 1. The summed E-state index contributed by atoms with van der Waals surface area (Å²) >= 11 is 0. The summed E-state index contributed by atoms with van der Waals surface area (Å²) in [5.74, 6) is 3.42. The van der Waals surface area contributed by atoms with Crippen LogP contribution >= 0.6 is 0 Å². The van der Waals surface area contributed by atoms with E-state index in [0.29, 0.717) is 12.5 Å². The molecule has 32 heavy (non-hydrogen) atoms. The molecule has 170 valence electrons. The molecular formula is C26H33N3O3. The molecule has 1 aliphatic heterocycles. The van der Waals surface area contributed by atoms with Crippen molar-refractivity contribution >= 4 is 5.69 Å². The van der Waals surface area contributed by atoms with Crippen LogP contribution in [0.5, 0.6) is 11.5 Å². The molecule has 3 aromatic rings. The van der Waals surface area contributed by atoms with E-state index in [-0.39, 0.29) is 0 Å². The Hall–Kier alpha value is -2.99. The summed E-state index contributed by atoms with van der Waals surface area (Å²) < 4.78 is 17.3. The van der Waals surface area contributed by atoms with E-state index >= 15 is 0 Å². The van der Waals surface area contributed by atoms with E-state index < -0.39 is 0 Å². The first-order valence-corrected chi connectivity index (χ1v) is 11.3. The molecule has 0 aliphatic carbocycles. The molecule has 0 radical (unpaired) electrons. The Labute approximate surface area is 190 Å². The number of aromatic nitrogens is 1. The van der Waals surface area contributed by atoms with Crippen molar-refractivity contribution in [2.45, 2.75) is 34.2 Å².